The predicted molar refractivity (Wildman–Crippen MR) is 101 cm³/mol. The highest BCUT2D eigenvalue weighted by molar-refractivity contribution is 7.11. The summed E-state index contributed by atoms with van der Waals surface area (Å²) in [7, 11) is 1.60. The lowest BCUT2D eigenvalue weighted by atomic mass is 10.2. The average Bonchev–Trinajstić information content (AvgIpc) is 3.36. The second-order valence-electron chi connectivity index (χ2n) is 6.58. The Balaban J connectivity index is 1.41. The van der Waals surface area contributed by atoms with Gasteiger partial charge in [0.25, 0.3) is 5.88 Å². The van der Waals surface area contributed by atoms with Crippen LogP contribution in [0.1, 0.15) is 33.7 Å². The first kappa shape index (κ1) is 18.5. The van der Waals surface area contributed by atoms with Gasteiger partial charge >= 0.3 is 0 Å². The number of nitrogen functional groups attached to an aromatic ring is 1. The average molecular weight is 402 g/mol. The van der Waals surface area contributed by atoms with Crippen LogP contribution >= 0.6 is 11.3 Å². The Bertz CT molecular complexity index is 981. The van der Waals surface area contributed by atoms with Crippen LogP contribution in [0.2, 0.25) is 0 Å². The van der Waals surface area contributed by atoms with E-state index in [0.717, 1.165) is 17.1 Å². The number of methoxy groups -OCH3 is 1. The Morgan fingerprint density at radius 3 is 2.82 bits per heavy atom. The van der Waals surface area contributed by atoms with Crippen molar-refractivity contribution in [3.8, 4) is 11.6 Å². The molecule has 0 aromatic carbocycles. The van der Waals surface area contributed by atoms with Gasteiger partial charge in [-0.1, -0.05) is 0 Å². The Morgan fingerprint density at radius 1 is 1.29 bits per heavy atom. The SMILES string of the molecule is COc1ccc(C2CC2COc2nc(N)nc(Cc3nnc(C)s3)c2F)nc1. The third-order valence-corrected chi connectivity index (χ3v) is 5.36. The van der Waals surface area contributed by atoms with Crippen molar-refractivity contribution in [1.82, 2.24) is 25.1 Å². The molecule has 0 saturated heterocycles. The quantitative estimate of drug-likeness (QED) is 0.642. The summed E-state index contributed by atoms with van der Waals surface area (Å²) in [5, 5.41) is 9.39. The van der Waals surface area contributed by atoms with E-state index in [1.165, 1.54) is 11.3 Å². The molecule has 10 heteroatoms. The molecule has 0 radical (unpaired) electrons. The van der Waals surface area contributed by atoms with Gasteiger partial charge < -0.3 is 15.2 Å². The van der Waals surface area contributed by atoms with Crippen molar-refractivity contribution in [2.75, 3.05) is 19.5 Å². The second kappa shape index (κ2) is 7.63. The molecule has 3 heterocycles. The van der Waals surface area contributed by atoms with Crippen LogP contribution in [0.3, 0.4) is 0 Å². The minimum atomic E-state index is -0.609. The molecule has 8 nitrogen and oxygen atoms in total. The third-order valence-electron chi connectivity index (χ3n) is 4.52. The summed E-state index contributed by atoms with van der Waals surface area (Å²) in [6, 6.07) is 3.82. The number of anilines is 1. The summed E-state index contributed by atoms with van der Waals surface area (Å²) in [5.74, 6) is 0.493. The maximum Gasteiger partial charge on any atom is 0.255 e. The summed E-state index contributed by atoms with van der Waals surface area (Å²) in [6.45, 7) is 2.17. The third kappa shape index (κ3) is 4.01. The maximum absolute atomic E-state index is 14.7. The van der Waals surface area contributed by atoms with Crippen molar-refractivity contribution in [2.45, 2.75) is 25.7 Å². The second-order valence-corrected chi connectivity index (χ2v) is 7.84. The number of aromatic nitrogens is 5. The lowest BCUT2D eigenvalue weighted by molar-refractivity contribution is 0.269. The van der Waals surface area contributed by atoms with E-state index in [1.807, 2.05) is 19.1 Å². The number of nitrogens with zero attached hydrogens (tertiary/aromatic N) is 5. The van der Waals surface area contributed by atoms with Crippen LogP contribution in [-0.4, -0.2) is 38.9 Å². The summed E-state index contributed by atoms with van der Waals surface area (Å²) in [6.07, 6.45) is 2.82. The van der Waals surface area contributed by atoms with E-state index in [0.29, 0.717) is 17.4 Å². The van der Waals surface area contributed by atoms with Crippen molar-refractivity contribution in [3.63, 3.8) is 0 Å². The van der Waals surface area contributed by atoms with E-state index in [4.69, 9.17) is 15.2 Å². The van der Waals surface area contributed by atoms with Gasteiger partial charge in [0.1, 0.15) is 15.8 Å². The molecule has 3 aromatic rings. The number of nitrogens with two attached hydrogens (primary N) is 1. The Morgan fingerprint density at radius 2 is 2.14 bits per heavy atom. The first-order chi connectivity index (χ1) is 13.5. The van der Waals surface area contributed by atoms with Gasteiger partial charge in [-0.05, 0) is 25.5 Å². The molecule has 1 aliphatic rings. The molecule has 0 amide bonds. The molecule has 1 saturated carbocycles. The number of hydrogen-bond acceptors (Lipinski definition) is 9. The summed E-state index contributed by atoms with van der Waals surface area (Å²) < 4.78 is 25.5. The fraction of sp³-hybridized carbons (Fsp3) is 0.389. The first-order valence-corrected chi connectivity index (χ1v) is 9.58. The molecule has 4 rings (SSSR count). The van der Waals surface area contributed by atoms with Crippen molar-refractivity contribution >= 4 is 17.3 Å². The normalized spacial score (nSPS) is 18.1. The molecule has 2 unspecified atom stereocenters. The minimum Gasteiger partial charge on any atom is -0.495 e. The smallest absolute Gasteiger partial charge is 0.255 e. The van der Waals surface area contributed by atoms with Gasteiger partial charge in [0.2, 0.25) is 11.8 Å². The van der Waals surface area contributed by atoms with Gasteiger partial charge in [0.15, 0.2) is 0 Å². The van der Waals surface area contributed by atoms with Crippen molar-refractivity contribution in [3.05, 3.63) is 45.5 Å². The fourth-order valence-corrected chi connectivity index (χ4v) is 3.68. The lowest BCUT2D eigenvalue weighted by Gasteiger charge is -2.09. The number of ether oxygens (including phenoxy) is 2. The first-order valence-electron chi connectivity index (χ1n) is 8.77. The van der Waals surface area contributed by atoms with Crippen LogP contribution in [0.4, 0.5) is 10.3 Å². The topological polar surface area (TPSA) is 109 Å². The number of aryl methyl sites for hydroxylation is 1. The predicted octanol–water partition coefficient (Wildman–Crippen LogP) is 2.53. The molecular formula is C18H19FN6O2S. The summed E-state index contributed by atoms with van der Waals surface area (Å²) in [4.78, 5) is 12.3. The highest BCUT2D eigenvalue weighted by Crippen LogP contribution is 2.47. The van der Waals surface area contributed by atoms with Crippen LogP contribution in [0.15, 0.2) is 18.3 Å². The molecular weight excluding hydrogens is 383 g/mol. The molecule has 1 aliphatic carbocycles. The molecule has 0 bridgehead atoms. The van der Waals surface area contributed by atoms with Crippen molar-refractivity contribution in [2.24, 2.45) is 5.92 Å². The molecule has 146 valence electrons. The van der Waals surface area contributed by atoms with E-state index in [2.05, 4.69) is 25.1 Å². The minimum absolute atomic E-state index is 0.0307. The Kier molecular flexibility index (Phi) is 5.03. The number of halogens is 1. The standard InChI is InChI=1S/C18H19FN6O2S/c1-9-24-25-15(28-9)6-14-16(19)17(23-18(20)22-14)27-8-10-5-12(10)13-4-3-11(26-2)7-21-13/h3-4,7,10,12H,5-6,8H2,1-2H3,(H2,20,22,23). The van der Waals surface area contributed by atoms with Crippen LogP contribution in [0.25, 0.3) is 0 Å². The van der Waals surface area contributed by atoms with Crippen LogP contribution in [-0.2, 0) is 6.42 Å². The molecule has 2 atom stereocenters. The van der Waals surface area contributed by atoms with E-state index in [9.17, 15) is 4.39 Å². The fourth-order valence-electron chi connectivity index (χ4n) is 2.97. The highest BCUT2D eigenvalue weighted by atomic mass is 32.1. The molecule has 3 aromatic heterocycles. The summed E-state index contributed by atoms with van der Waals surface area (Å²) >= 11 is 1.38. The monoisotopic (exact) mass is 402 g/mol. The zero-order valence-electron chi connectivity index (χ0n) is 15.4. The zero-order valence-corrected chi connectivity index (χ0v) is 16.2. The van der Waals surface area contributed by atoms with E-state index in [-0.39, 0.29) is 35.8 Å². The van der Waals surface area contributed by atoms with Gasteiger partial charge in [-0.2, -0.15) is 9.37 Å². The zero-order chi connectivity index (χ0) is 19.7. The maximum atomic E-state index is 14.7. The van der Waals surface area contributed by atoms with Crippen LogP contribution in [0, 0.1) is 18.7 Å². The van der Waals surface area contributed by atoms with E-state index >= 15 is 0 Å². The van der Waals surface area contributed by atoms with Crippen LogP contribution in [0.5, 0.6) is 11.6 Å². The lowest BCUT2D eigenvalue weighted by Crippen LogP contribution is -2.10. The van der Waals surface area contributed by atoms with E-state index in [1.54, 1.807) is 13.3 Å². The van der Waals surface area contributed by atoms with Crippen molar-refractivity contribution < 1.29 is 13.9 Å². The molecule has 28 heavy (non-hydrogen) atoms. The molecule has 0 aliphatic heterocycles. The largest absolute Gasteiger partial charge is 0.495 e. The Hall–Kier alpha value is -2.88. The van der Waals surface area contributed by atoms with Crippen LogP contribution < -0.4 is 15.2 Å². The van der Waals surface area contributed by atoms with E-state index < -0.39 is 5.82 Å². The number of hydrogen-bond donors (Lipinski definition) is 1. The number of pyridine rings is 1. The molecule has 2 N–H and O–H groups in total. The molecule has 0 spiro atoms. The Labute approximate surface area is 165 Å². The van der Waals surface area contributed by atoms with Gasteiger partial charge in [0.05, 0.1) is 25.6 Å². The van der Waals surface area contributed by atoms with Crippen molar-refractivity contribution in [1.29, 1.82) is 0 Å². The van der Waals surface area contributed by atoms with Gasteiger partial charge in [-0.25, -0.2) is 4.98 Å². The van der Waals surface area contributed by atoms with Gasteiger partial charge in [0, 0.05) is 24.0 Å². The van der Waals surface area contributed by atoms with Gasteiger partial charge in [-0.3, -0.25) is 4.98 Å². The highest BCUT2D eigenvalue weighted by Gasteiger charge is 2.40. The summed E-state index contributed by atoms with van der Waals surface area (Å²) in [5.41, 5.74) is 6.86. The number of rotatable bonds is 7. The van der Waals surface area contributed by atoms with Gasteiger partial charge in [-0.15, -0.1) is 21.5 Å². The molecule has 1 fully saturated rings.